The summed E-state index contributed by atoms with van der Waals surface area (Å²) in [6, 6.07) is 4.32. The molecule has 0 spiro atoms. The number of hydrogen-bond acceptors (Lipinski definition) is 5. The van der Waals surface area contributed by atoms with Gasteiger partial charge in [0.05, 0.1) is 11.0 Å². The van der Waals surface area contributed by atoms with E-state index in [1.54, 1.807) is 23.6 Å². The average molecular weight is 291 g/mol. The van der Waals surface area contributed by atoms with Crippen LogP contribution >= 0.6 is 11.3 Å². The minimum Gasteiger partial charge on any atom is -0.459 e. The highest BCUT2D eigenvalue weighted by Gasteiger charge is 2.21. The van der Waals surface area contributed by atoms with Gasteiger partial charge in [-0.25, -0.2) is 14.8 Å². The smallest absolute Gasteiger partial charge is 0.134 e. The molecular formula is C14H14FN3OS. The van der Waals surface area contributed by atoms with E-state index in [4.69, 9.17) is 10.3 Å². The average Bonchev–Trinajstić information content (AvgIpc) is 3.05. The van der Waals surface area contributed by atoms with Crippen LogP contribution in [-0.2, 0) is 6.42 Å². The summed E-state index contributed by atoms with van der Waals surface area (Å²) in [5.74, 6) is 6.09. The Labute approximate surface area is 119 Å². The molecule has 3 rings (SSSR count). The third-order valence-electron chi connectivity index (χ3n) is 3.32. The monoisotopic (exact) mass is 291 g/mol. The van der Waals surface area contributed by atoms with Gasteiger partial charge in [0.2, 0.25) is 0 Å². The van der Waals surface area contributed by atoms with Gasteiger partial charge in [-0.2, -0.15) is 0 Å². The lowest BCUT2D eigenvalue weighted by Crippen LogP contribution is -2.29. The first-order chi connectivity index (χ1) is 9.69. The van der Waals surface area contributed by atoms with Crippen LogP contribution in [0.3, 0.4) is 0 Å². The molecule has 0 bridgehead atoms. The SMILES string of the molecule is Cc1c(C(Cc2nccs2)NN)oc2ccc(F)cc12. The lowest BCUT2D eigenvalue weighted by atomic mass is 10.1. The molecule has 2 aromatic heterocycles. The molecule has 0 saturated heterocycles. The molecule has 1 unspecified atom stereocenters. The lowest BCUT2D eigenvalue weighted by molar-refractivity contribution is 0.431. The molecule has 0 fully saturated rings. The summed E-state index contributed by atoms with van der Waals surface area (Å²) < 4.78 is 19.1. The number of nitrogens with zero attached hydrogens (tertiary/aromatic N) is 1. The van der Waals surface area contributed by atoms with Crippen LogP contribution in [0.25, 0.3) is 11.0 Å². The Morgan fingerprint density at radius 2 is 2.35 bits per heavy atom. The molecule has 1 atom stereocenters. The molecule has 3 N–H and O–H groups in total. The summed E-state index contributed by atoms with van der Waals surface area (Å²) in [6.07, 6.45) is 2.39. The van der Waals surface area contributed by atoms with E-state index in [-0.39, 0.29) is 11.9 Å². The quantitative estimate of drug-likeness (QED) is 0.573. The highest BCUT2D eigenvalue weighted by atomic mass is 32.1. The van der Waals surface area contributed by atoms with Crippen LogP contribution in [0.4, 0.5) is 4.39 Å². The molecule has 0 aliphatic heterocycles. The maximum atomic E-state index is 13.3. The van der Waals surface area contributed by atoms with Gasteiger partial charge in [-0.3, -0.25) is 5.84 Å². The molecule has 0 radical (unpaired) electrons. The van der Waals surface area contributed by atoms with Crippen molar-refractivity contribution in [3.8, 4) is 0 Å². The fraction of sp³-hybridized carbons (Fsp3) is 0.214. The lowest BCUT2D eigenvalue weighted by Gasteiger charge is -2.12. The van der Waals surface area contributed by atoms with Crippen molar-refractivity contribution in [2.24, 2.45) is 5.84 Å². The van der Waals surface area contributed by atoms with Gasteiger partial charge in [0.1, 0.15) is 17.2 Å². The van der Waals surface area contributed by atoms with Crippen molar-refractivity contribution in [1.29, 1.82) is 0 Å². The van der Waals surface area contributed by atoms with Gasteiger partial charge in [-0.1, -0.05) is 0 Å². The van der Waals surface area contributed by atoms with Gasteiger partial charge in [0, 0.05) is 28.9 Å². The Morgan fingerprint density at radius 3 is 3.05 bits per heavy atom. The summed E-state index contributed by atoms with van der Waals surface area (Å²) in [6.45, 7) is 1.91. The first-order valence-corrected chi connectivity index (χ1v) is 7.10. The molecule has 0 aliphatic carbocycles. The molecule has 2 heterocycles. The number of hydrogen-bond donors (Lipinski definition) is 2. The molecule has 104 valence electrons. The number of furan rings is 1. The van der Waals surface area contributed by atoms with Gasteiger partial charge in [-0.15, -0.1) is 11.3 Å². The fourth-order valence-corrected chi connectivity index (χ4v) is 2.96. The number of hydrazine groups is 1. The number of aryl methyl sites for hydroxylation is 1. The van der Waals surface area contributed by atoms with Gasteiger partial charge < -0.3 is 4.42 Å². The standard InChI is InChI=1S/C14H14FN3OS/c1-8-10-6-9(15)2-3-12(10)19-14(8)11(18-16)7-13-17-4-5-20-13/h2-6,11,18H,7,16H2,1H3. The van der Waals surface area contributed by atoms with Crippen LogP contribution in [0.15, 0.2) is 34.2 Å². The molecule has 0 aliphatic rings. The van der Waals surface area contributed by atoms with Crippen molar-refractivity contribution in [1.82, 2.24) is 10.4 Å². The van der Waals surface area contributed by atoms with E-state index in [2.05, 4.69) is 10.4 Å². The minimum absolute atomic E-state index is 0.184. The van der Waals surface area contributed by atoms with Crippen LogP contribution in [0.1, 0.15) is 22.4 Å². The second kappa shape index (κ2) is 5.32. The summed E-state index contributed by atoms with van der Waals surface area (Å²) in [4.78, 5) is 4.25. The molecule has 0 amide bonds. The summed E-state index contributed by atoms with van der Waals surface area (Å²) in [5.41, 5.74) is 4.32. The Kier molecular flexibility index (Phi) is 3.52. The van der Waals surface area contributed by atoms with Crippen molar-refractivity contribution >= 4 is 22.3 Å². The second-order valence-corrected chi connectivity index (χ2v) is 5.56. The Bertz CT molecular complexity index is 723. The molecule has 3 aromatic rings. The number of halogens is 1. The number of benzene rings is 1. The zero-order chi connectivity index (χ0) is 14.1. The largest absolute Gasteiger partial charge is 0.459 e. The van der Waals surface area contributed by atoms with E-state index in [0.29, 0.717) is 12.0 Å². The highest BCUT2D eigenvalue weighted by molar-refractivity contribution is 7.09. The minimum atomic E-state index is -0.273. The number of nitrogens with one attached hydrogen (secondary N) is 1. The molecular weight excluding hydrogens is 277 g/mol. The Morgan fingerprint density at radius 1 is 1.50 bits per heavy atom. The van der Waals surface area contributed by atoms with Crippen LogP contribution < -0.4 is 11.3 Å². The number of fused-ring (bicyclic) bond motifs is 1. The van der Waals surface area contributed by atoms with E-state index < -0.39 is 0 Å². The predicted octanol–water partition coefficient (Wildman–Crippen LogP) is 3.08. The normalized spacial score (nSPS) is 12.9. The first-order valence-electron chi connectivity index (χ1n) is 6.22. The molecule has 4 nitrogen and oxygen atoms in total. The summed E-state index contributed by atoms with van der Waals surface area (Å²) in [7, 11) is 0. The van der Waals surface area contributed by atoms with Gasteiger partial charge in [0.25, 0.3) is 0 Å². The number of rotatable bonds is 4. The van der Waals surface area contributed by atoms with Crippen molar-refractivity contribution in [3.05, 3.63) is 51.9 Å². The molecule has 6 heteroatoms. The van der Waals surface area contributed by atoms with Crippen molar-refractivity contribution in [3.63, 3.8) is 0 Å². The van der Waals surface area contributed by atoms with Crippen molar-refractivity contribution < 1.29 is 8.81 Å². The van der Waals surface area contributed by atoms with Gasteiger partial charge >= 0.3 is 0 Å². The number of thiazole rings is 1. The Hall–Kier alpha value is -1.76. The predicted molar refractivity (Wildman–Crippen MR) is 76.8 cm³/mol. The first kappa shape index (κ1) is 13.2. The zero-order valence-corrected chi connectivity index (χ0v) is 11.7. The van der Waals surface area contributed by atoms with Crippen LogP contribution in [-0.4, -0.2) is 4.98 Å². The number of aromatic nitrogens is 1. The maximum Gasteiger partial charge on any atom is 0.134 e. The van der Waals surface area contributed by atoms with Gasteiger partial charge in [-0.05, 0) is 25.1 Å². The van der Waals surface area contributed by atoms with E-state index in [9.17, 15) is 4.39 Å². The zero-order valence-electron chi connectivity index (χ0n) is 10.9. The Balaban J connectivity index is 2.01. The topological polar surface area (TPSA) is 64.1 Å². The van der Waals surface area contributed by atoms with Crippen LogP contribution in [0.2, 0.25) is 0 Å². The van der Waals surface area contributed by atoms with E-state index >= 15 is 0 Å². The number of nitrogens with two attached hydrogens (primary N) is 1. The third kappa shape index (κ3) is 2.33. The van der Waals surface area contributed by atoms with Crippen LogP contribution in [0.5, 0.6) is 0 Å². The third-order valence-corrected chi connectivity index (χ3v) is 4.12. The highest BCUT2D eigenvalue weighted by Crippen LogP contribution is 2.31. The van der Waals surface area contributed by atoms with E-state index in [0.717, 1.165) is 21.7 Å². The van der Waals surface area contributed by atoms with Crippen molar-refractivity contribution in [2.75, 3.05) is 0 Å². The van der Waals surface area contributed by atoms with E-state index in [1.165, 1.54) is 12.1 Å². The van der Waals surface area contributed by atoms with Crippen molar-refractivity contribution in [2.45, 2.75) is 19.4 Å². The molecule has 0 saturated carbocycles. The maximum absolute atomic E-state index is 13.3. The summed E-state index contributed by atoms with van der Waals surface area (Å²) in [5, 5.41) is 3.67. The van der Waals surface area contributed by atoms with E-state index in [1.807, 2.05) is 12.3 Å². The fourth-order valence-electron chi connectivity index (χ4n) is 2.30. The molecule has 20 heavy (non-hydrogen) atoms. The van der Waals surface area contributed by atoms with Crippen LogP contribution in [0, 0.1) is 12.7 Å². The van der Waals surface area contributed by atoms with Gasteiger partial charge in [0.15, 0.2) is 0 Å². The summed E-state index contributed by atoms with van der Waals surface area (Å²) >= 11 is 1.57. The second-order valence-electron chi connectivity index (χ2n) is 4.58. The molecule has 1 aromatic carbocycles.